The summed E-state index contributed by atoms with van der Waals surface area (Å²) in [6.07, 6.45) is 4.10. The molecular weight excluding hydrogens is 192 g/mol. The number of halogens is 1. The Kier molecular flexibility index (Phi) is 4.67. The number of rotatable bonds is 0. The lowest BCUT2D eigenvalue weighted by atomic mass is 9.88. The van der Waals surface area contributed by atoms with Crippen LogP contribution < -0.4 is 5.73 Å². The molecule has 3 heteroatoms. The van der Waals surface area contributed by atoms with Gasteiger partial charge in [-0.15, -0.1) is 17.0 Å². The van der Waals surface area contributed by atoms with Gasteiger partial charge in [0.05, 0.1) is 6.07 Å². The van der Waals surface area contributed by atoms with Crippen molar-refractivity contribution in [1.82, 2.24) is 0 Å². The predicted molar refractivity (Wildman–Crippen MR) is 45.9 cm³/mol. The van der Waals surface area contributed by atoms with Gasteiger partial charge in [-0.05, 0) is 25.7 Å². The highest BCUT2D eigenvalue weighted by atomic mass is 79.9. The average molecular weight is 205 g/mol. The van der Waals surface area contributed by atoms with Crippen molar-refractivity contribution in [3.63, 3.8) is 0 Å². The Morgan fingerprint density at radius 3 is 2.10 bits per heavy atom. The van der Waals surface area contributed by atoms with E-state index in [4.69, 9.17) is 11.0 Å². The lowest BCUT2D eigenvalue weighted by Crippen LogP contribution is -2.25. The third kappa shape index (κ3) is 2.68. The molecule has 0 atom stereocenters. The minimum atomic E-state index is 0. The molecule has 0 unspecified atom stereocenters. The summed E-state index contributed by atoms with van der Waals surface area (Å²) in [5.41, 5.74) is 5.64. The first-order chi connectivity index (χ1) is 4.33. The molecule has 1 rings (SSSR count). The van der Waals surface area contributed by atoms with Gasteiger partial charge in [-0.2, -0.15) is 5.26 Å². The van der Waals surface area contributed by atoms with Gasteiger partial charge in [0.15, 0.2) is 0 Å². The molecule has 0 aromatic heterocycles. The largest absolute Gasteiger partial charge is 0.328 e. The maximum absolute atomic E-state index is 8.49. The Balaban J connectivity index is 0.000000810. The normalized spacial score (nSPS) is 32.0. The maximum atomic E-state index is 8.49. The summed E-state index contributed by atoms with van der Waals surface area (Å²) in [7, 11) is 0. The van der Waals surface area contributed by atoms with Crippen molar-refractivity contribution in [2.75, 3.05) is 0 Å². The first-order valence-electron chi connectivity index (χ1n) is 3.48. The Hall–Kier alpha value is -0.0700. The summed E-state index contributed by atoms with van der Waals surface area (Å²) in [6.45, 7) is 0. The van der Waals surface area contributed by atoms with Gasteiger partial charge < -0.3 is 5.73 Å². The second kappa shape index (κ2) is 4.70. The Labute approximate surface area is 72.2 Å². The molecular formula is C7H13BrN2. The Morgan fingerprint density at radius 1 is 1.20 bits per heavy atom. The number of nitrogens with two attached hydrogens (primary N) is 1. The molecule has 0 amide bonds. The predicted octanol–water partition coefficient (Wildman–Crippen LogP) is 1.61. The highest BCUT2D eigenvalue weighted by Crippen LogP contribution is 2.21. The average Bonchev–Trinajstić information content (AvgIpc) is 1.90. The Bertz CT molecular complexity index is 122. The minimum Gasteiger partial charge on any atom is -0.328 e. The summed E-state index contributed by atoms with van der Waals surface area (Å²) >= 11 is 0. The topological polar surface area (TPSA) is 49.8 Å². The zero-order valence-electron chi connectivity index (χ0n) is 5.92. The monoisotopic (exact) mass is 204 g/mol. The van der Waals surface area contributed by atoms with E-state index in [1.807, 2.05) is 0 Å². The molecule has 0 radical (unpaired) electrons. The number of hydrogen-bond acceptors (Lipinski definition) is 2. The summed E-state index contributed by atoms with van der Waals surface area (Å²) in [5.74, 6) is 0.296. The molecule has 0 aromatic rings. The van der Waals surface area contributed by atoms with Crippen molar-refractivity contribution >= 4 is 17.0 Å². The third-order valence-electron chi connectivity index (χ3n) is 1.95. The van der Waals surface area contributed by atoms with Crippen LogP contribution in [0.25, 0.3) is 0 Å². The van der Waals surface area contributed by atoms with Gasteiger partial charge in [0.25, 0.3) is 0 Å². The standard InChI is InChI=1S/C7H12N2.BrH/c8-5-6-1-3-7(9)4-2-6;/h6-7H,1-4,9H2;1H. The quantitative estimate of drug-likeness (QED) is 0.653. The van der Waals surface area contributed by atoms with E-state index in [-0.39, 0.29) is 17.0 Å². The van der Waals surface area contributed by atoms with Crippen molar-refractivity contribution in [3.8, 4) is 6.07 Å². The van der Waals surface area contributed by atoms with Crippen molar-refractivity contribution in [3.05, 3.63) is 0 Å². The first-order valence-corrected chi connectivity index (χ1v) is 3.48. The fourth-order valence-electron chi connectivity index (χ4n) is 1.25. The van der Waals surface area contributed by atoms with E-state index in [0.717, 1.165) is 25.7 Å². The summed E-state index contributed by atoms with van der Waals surface area (Å²) in [4.78, 5) is 0. The van der Waals surface area contributed by atoms with Gasteiger partial charge in [-0.25, -0.2) is 0 Å². The summed E-state index contributed by atoms with van der Waals surface area (Å²) in [6, 6.07) is 2.64. The highest BCUT2D eigenvalue weighted by molar-refractivity contribution is 8.93. The molecule has 2 N–H and O–H groups in total. The molecule has 0 aliphatic heterocycles. The molecule has 2 nitrogen and oxygen atoms in total. The molecule has 58 valence electrons. The van der Waals surface area contributed by atoms with E-state index in [9.17, 15) is 0 Å². The van der Waals surface area contributed by atoms with Crippen LogP contribution in [0, 0.1) is 17.2 Å². The van der Waals surface area contributed by atoms with E-state index >= 15 is 0 Å². The van der Waals surface area contributed by atoms with Crippen molar-refractivity contribution in [2.24, 2.45) is 11.7 Å². The zero-order valence-corrected chi connectivity index (χ0v) is 7.63. The van der Waals surface area contributed by atoms with Crippen molar-refractivity contribution in [1.29, 1.82) is 5.26 Å². The molecule has 1 saturated carbocycles. The molecule has 0 spiro atoms. The van der Waals surface area contributed by atoms with Crippen LogP contribution in [0.1, 0.15) is 25.7 Å². The second-order valence-electron chi connectivity index (χ2n) is 2.74. The molecule has 0 saturated heterocycles. The van der Waals surface area contributed by atoms with E-state index in [1.165, 1.54) is 0 Å². The van der Waals surface area contributed by atoms with Gasteiger partial charge in [-0.1, -0.05) is 0 Å². The van der Waals surface area contributed by atoms with Gasteiger partial charge in [0.2, 0.25) is 0 Å². The van der Waals surface area contributed by atoms with E-state index < -0.39 is 0 Å². The fourth-order valence-corrected chi connectivity index (χ4v) is 1.25. The van der Waals surface area contributed by atoms with Gasteiger partial charge in [0.1, 0.15) is 0 Å². The third-order valence-corrected chi connectivity index (χ3v) is 1.95. The lowest BCUT2D eigenvalue weighted by Gasteiger charge is -2.20. The number of hydrogen-bond donors (Lipinski definition) is 1. The molecule has 0 bridgehead atoms. The van der Waals surface area contributed by atoms with Crippen LogP contribution in [0.4, 0.5) is 0 Å². The van der Waals surface area contributed by atoms with Gasteiger partial charge >= 0.3 is 0 Å². The highest BCUT2D eigenvalue weighted by Gasteiger charge is 2.16. The molecule has 1 aliphatic carbocycles. The molecule has 0 aromatic carbocycles. The second-order valence-corrected chi connectivity index (χ2v) is 2.74. The Morgan fingerprint density at radius 2 is 1.70 bits per heavy atom. The summed E-state index contributed by atoms with van der Waals surface area (Å²) in [5, 5.41) is 8.49. The van der Waals surface area contributed by atoms with Crippen LogP contribution in [0.5, 0.6) is 0 Å². The SMILES string of the molecule is Br.N#CC1CCC(N)CC1. The smallest absolute Gasteiger partial charge is 0.0655 e. The minimum absolute atomic E-state index is 0. The van der Waals surface area contributed by atoms with Crippen LogP contribution >= 0.6 is 17.0 Å². The van der Waals surface area contributed by atoms with Crippen LogP contribution in [-0.4, -0.2) is 6.04 Å². The molecule has 1 aliphatic rings. The molecule has 0 heterocycles. The number of nitrogens with zero attached hydrogens (tertiary/aromatic N) is 1. The number of nitriles is 1. The lowest BCUT2D eigenvalue weighted by molar-refractivity contribution is 0.381. The van der Waals surface area contributed by atoms with E-state index in [1.54, 1.807) is 0 Å². The van der Waals surface area contributed by atoms with Gasteiger partial charge in [0, 0.05) is 12.0 Å². The van der Waals surface area contributed by atoms with Crippen molar-refractivity contribution < 1.29 is 0 Å². The molecule has 1 fully saturated rings. The van der Waals surface area contributed by atoms with Crippen LogP contribution in [0.15, 0.2) is 0 Å². The fraction of sp³-hybridized carbons (Fsp3) is 0.857. The van der Waals surface area contributed by atoms with Crippen molar-refractivity contribution in [2.45, 2.75) is 31.7 Å². The zero-order chi connectivity index (χ0) is 6.69. The van der Waals surface area contributed by atoms with Crippen LogP contribution in [-0.2, 0) is 0 Å². The maximum Gasteiger partial charge on any atom is 0.0655 e. The first kappa shape index (κ1) is 9.93. The van der Waals surface area contributed by atoms with Crippen LogP contribution in [0.2, 0.25) is 0 Å². The van der Waals surface area contributed by atoms with E-state index in [2.05, 4.69) is 6.07 Å². The summed E-state index contributed by atoms with van der Waals surface area (Å²) < 4.78 is 0. The van der Waals surface area contributed by atoms with E-state index in [0.29, 0.717) is 12.0 Å². The van der Waals surface area contributed by atoms with Crippen LogP contribution in [0.3, 0.4) is 0 Å². The molecule has 10 heavy (non-hydrogen) atoms. The van der Waals surface area contributed by atoms with Gasteiger partial charge in [-0.3, -0.25) is 0 Å².